The first-order valence-corrected chi connectivity index (χ1v) is 8.61. The fraction of sp³-hybridized carbons (Fsp3) is 0. The van der Waals surface area contributed by atoms with Gasteiger partial charge in [0.1, 0.15) is 0 Å². The van der Waals surface area contributed by atoms with Gasteiger partial charge in [-0.3, -0.25) is 4.79 Å². The number of fused-ring (bicyclic) bond motifs is 1. The molecule has 0 aliphatic rings. The number of carbonyl (C=O) groups is 1. The van der Waals surface area contributed by atoms with Crippen LogP contribution < -0.4 is 11.1 Å². The van der Waals surface area contributed by atoms with E-state index in [1.807, 2.05) is 12.1 Å². The summed E-state index contributed by atoms with van der Waals surface area (Å²) in [5.74, 6) is -0.403. The van der Waals surface area contributed by atoms with Crippen molar-refractivity contribution in [1.82, 2.24) is 19.8 Å². The van der Waals surface area contributed by atoms with E-state index in [2.05, 4.69) is 20.6 Å². The van der Waals surface area contributed by atoms with Crippen LogP contribution in [0, 0.1) is 0 Å². The Morgan fingerprint density at radius 1 is 0.963 bits per heavy atom. The molecule has 2 aromatic heterocycles. The number of nitrogen functional groups attached to an aromatic ring is 1. The second-order valence-electron chi connectivity index (χ2n) is 5.70. The van der Waals surface area contributed by atoms with Crippen LogP contribution in [0.2, 0.25) is 10.0 Å². The van der Waals surface area contributed by atoms with E-state index in [4.69, 9.17) is 28.9 Å². The van der Waals surface area contributed by atoms with Crippen LogP contribution in [0.4, 0.5) is 11.5 Å². The summed E-state index contributed by atoms with van der Waals surface area (Å²) in [6, 6.07) is 15.6. The number of hydrogen-bond acceptors (Lipinski definition) is 5. The number of nitrogens with one attached hydrogen (secondary N) is 1. The van der Waals surface area contributed by atoms with Crippen molar-refractivity contribution < 1.29 is 4.79 Å². The lowest BCUT2D eigenvalue weighted by Gasteiger charge is -2.07. The third-order valence-corrected chi connectivity index (χ3v) is 4.37. The van der Waals surface area contributed by atoms with Crippen molar-refractivity contribution in [3.8, 4) is 11.3 Å². The standard InChI is InChI=1S/C18H12Cl2N6O/c19-11-3-1-10(2-4-11)14-9-15-23-24-16(17(21)26(15)25-14)18(27)22-13-7-5-12(20)6-8-13/h1-9H,21H2,(H,22,27). The molecular formula is C18H12Cl2N6O. The minimum Gasteiger partial charge on any atom is -0.382 e. The minimum absolute atomic E-state index is 0.0248. The number of amides is 1. The molecule has 0 unspecified atom stereocenters. The molecule has 0 aliphatic heterocycles. The Hall–Kier alpha value is -3.16. The monoisotopic (exact) mass is 398 g/mol. The zero-order valence-corrected chi connectivity index (χ0v) is 15.2. The lowest BCUT2D eigenvalue weighted by Crippen LogP contribution is -2.19. The summed E-state index contributed by atoms with van der Waals surface area (Å²) in [5, 5.41) is 16.3. The van der Waals surface area contributed by atoms with Crippen LogP contribution >= 0.6 is 23.2 Å². The molecule has 7 nitrogen and oxygen atoms in total. The van der Waals surface area contributed by atoms with E-state index in [1.54, 1.807) is 42.5 Å². The van der Waals surface area contributed by atoms with E-state index < -0.39 is 5.91 Å². The maximum absolute atomic E-state index is 12.5. The summed E-state index contributed by atoms with van der Waals surface area (Å²) in [6.45, 7) is 0. The van der Waals surface area contributed by atoms with Crippen molar-refractivity contribution in [2.75, 3.05) is 11.1 Å². The number of hydrogen-bond donors (Lipinski definition) is 2. The van der Waals surface area contributed by atoms with Gasteiger partial charge in [-0.05, 0) is 36.4 Å². The van der Waals surface area contributed by atoms with E-state index in [0.717, 1.165) is 5.56 Å². The molecule has 0 saturated heterocycles. The molecule has 0 aliphatic carbocycles. The van der Waals surface area contributed by atoms with E-state index >= 15 is 0 Å². The number of nitrogens with two attached hydrogens (primary N) is 1. The lowest BCUT2D eigenvalue weighted by molar-refractivity contribution is 0.102. The first kappa shape index (κ1) is 17.3. The normalized spacial score (nSPS) is 10.9. The van der Waals surface area contributed by atoms with Gasteiger partial charge in [0.25, 0.3) is 5.91 Å². The van der Waals surface area contributed by atoms with Gasteiger partial charge < -0.3 is 11.1 Å². The third kappa shape index (κ3) is 3.42. The number of anilines is 2. The second-order valence-corrected chi connectivity index (χ2v) is 6.57. The van der Waals surface area contributed by atoms with Crippen molar-refractivity contribution >= 4 is 46.3 Å². The van der Waals surface area contributed by atoms with Gasteiger partial charge in [-0.2, -0.15) is 9.61 Å². The minimum atomic E-state index is -0.493. The van der Waals surface area contributed by atoms with Crippen LogP contribution in [-0.2, 0) is 0 Å². The molecule has 134 valence electrons. The fourth-order valence-electron chi connectivity index (χ4n) is 2.52. The predicted octanol–water partition coefficient (Wildman–Crippen LogP) is 3.93. The Labute approximate surface area is 163 Å². The highest BCUT2D eigenvalue weighted by atomic mass is 35.5. The van der Waals surface area contributed by atoms with E-state index in [0.29, 0.717) is 27.1 Å². The summed E-state index contributed by atoms with van der Waals surface area (Å²) in [4.78, 5) is 12.5. The van der Waals surface area contributed by atoms with Gasteiger partial charge in [-0.15, -0.1) is 10.2 Å². The SMILES string of the molecule is Nc1c(C(=O)Nc2ccc(Cl)cc2)nnc2cc(-c3ccc(Cl)cc3)nn12. The molecule has 4 aromatic rings. The average molecular weight is 399 g/mol. The van der Waals surface area contributed by atoms with Crippen molar-refractivity contribution in [2.45, 2.75) is 0 Å². The summed E-state index contributed by atoms with van der Waals surface area (Å²) in [7, 11) is 0. The van der Waals surface area contributed by atoms with Gasteiger partial charge in [-0.25, -0.2) is 0 Å². The molecule has 2 aromatic carbocycles. The van der Waals surface area contributed by atoms with Crippen LogP contribution in [-0.4, -0.2) is 25.7 Å². The van der Waals surface area contributed by atoms with E-state index in [-0.39, 0.29) is 11.5 Å². The molecule has 0 spiro atoms. The molecule has 1 amide bonds. The maximum Gasteiger partial charge on any atom is 0.280 e. The Morgan fingerprint density at radius 3 is 2.26 bits per heavy atom. The largest absolute Gasteiger partial charge is 0.382 e. The molecule has 0 saturated carbocycles. The molecule has 0 bridgehead atoms. The molecule has 3 N–H and O–H groups in total. The first-order chi connectivity index (χ1) is 13.0. The van der Waals surface area contributed by atoms with Gasteiger partial charge in [0.15, 0.2) is 17.2 Å². The van der Waals surface area contributed by atoms with Gasteiger partial charge in [0.2, 0.25) is 0 Å². The zero-order valence-electron chi connectivity index (χ0n) is 13.7. The summed E-state index contributed by atoms with van der Waals surface area (Å²) in [5.41, 5.74) is 8.56. The quantitative estimate of drug-likeness (QED) is 0.544. The van der Waals surface area contributed by atoms with E-state index in [9.17, 15) is 4.79 Å². The first-order valence-electron chi connectivity index (χ1n) is 7.86. The summed E-state index contributed by atoms with van der Waals surface area (Å²) < 4.78 is 1.38. The van der Waals surface area contributed by atoms with Crippen molar-refractivity contribution in [1.29, 1.82) is 0 Å². The van der Waals surface area contributed by atoms with Crippen molar-refractivity contribution in [3.63, 3.8) is 0 Å². The van der Waals surface area contributed by atoms with Crippen molar-refractivity contribution in [2.24, 2.45) is 0 Å². The fourth-order valence-corrected chi connectivity index (χ4v) is 2.77. The lowest BCUT2D eigenvalue weighted by atomic mass is 10.2. The van der Waals surface area contributed by atoms with Crippen LogP contribution in [0.25, 0.3) is 16.9 Å². The Bertz CT molecular complexity index is 1140. The molecular weight excluding hydrogens is 387 g/mol. The highest BCUT2D eigenvalue weighted by Crippen LogP contribution is 2.23. The Morgan fingerprint density at radius 2 is 1.59 bits per heavy atom. The predicted molar refractivity (Wildman–Crippen MR) is 105 cm³/mol. The van der Waals surface area contributed by atoms with Crippen LogP contribution in [0.1, 0.15) is 10.5 Å². The molecule has 2 heterocycles. The Balaban J connectivity index is 1.68. The Kier molecular flexibility index (Phi) is 4.39. The second kappa shape index (κ2) is 6.86. The number of aromatic nitrogens is 4. The van der Waals surface area contributed by atoms with Gasteiger partial charge in [0.05, 0.1) is 5.69 Å². The average Bonchev–Trinajstić information content (AvgIpc) is 3.09. The van der Waals surface area contributed by atoms with Gasteiger partial charge >= 0.3 is 0 Å². The molecule has 4 rings (SSSR count). The van der Waals surface area contributed by atoms with E-state index in [1.165, 1.54) is 4.52 Å². The number of nitrogens with zero attached hydrogens (tertiary/aromatic N) is 4. The summed E-state index contributed by atoms with van der Waals surface area (Å²) >= 11 is 11.8. The van der Waals surface area contributed by atoms with Crippen LogP contribution in [0.15, 0.2) is 54.6 Å². The highest BCUT2D eigenvalue weighted by molar-refractivity contribution is 6.31. The topological polar surface area (TPSA) is 98.2 Å². The van der Waals surface area contributed by atoms with Crippen LogP contribution in [0.5, 0.6) is 0 Å². The third-order valence-electron chi connectivity index (χ3n) is 3.87. The molecule has 0 fully saturated rings. The number of halogens is 2. The smallest absolute Gasteiger partial charge is 0.280 e. The van der Waals surface area contributed by atoms with Crippen molar-refractivity contribution in [3.05, 3.63) is 70.3 Å². The zero-order chi connectivity index (χ0) is 19.0. The molecule has 27 heavy (non-hydrogen) atoms. The number of benzene rings is 2. The molecule has 9 heteroatoms. The van der Waals surface area contributed by atoms with Crippen LogP contribution in [0.3, 0.4) is 0 Å². The number of carbonyl (C=O) groups excluding carboxylic acids is 1. The number of rotatable bonds is 3. The highest BCUT2D eigenvalue weighted by Gasteiger charge is 2.18. The van der Waals surface area contributed by atoms with Gasteiger partial charge in [0, 0.05) is 27.4 Å². The summed E-state index contributed by atoms with van der Waals surface area (Å²) in [6.07, 6.45) is 0. The maximum atomic E-state index is 12.5. The molecule has 0 radical (unpaired) electrons. The van der Waals surface area contributed by atoms with Gasteiger partial charge in [-0.1, -0.05) is 35.3 Å². The molecule has 0 atom stereocenters.